The summed E-state index contributed by atoms with van der Waals surface area (Å²) in [6.45, 7) is 0.158. The van der Waals surface area contributed by atoms with Crippen molar-refractivity contribution in [3.63, 3.8) is 0 Å². The van der Waals surface area contributed by atoms with Crippen molar-refractivity contribution in [1.29, 1.82) is 5.26 Å². The van der Waals surface area contributed by atoms with E-state index in [1.807, 2.05) is 30.3 Å². The van der Waals surface area contributed by atoms with Gasteiger partial charge in [0, 0.05) is 23.9 Å². The lowest BCUT2D eigenvalue weighted by molar-refractivity contribution is -0.137. The number of aromatic nitrogens is 2. The van der Waals surface area contributed by atoms with Crippen LogP contribution in [0.25, 0.3) is 11.3 Å². The smallest absolute Gasteiger partial charge is 0.326 e. The molecule has 5 nitrogen and oxygen atoms in total. The van der Waals surface area contributed by atoms with Gasteiger partial charge in [-0.3, -0.25) is 9.48 Å². The van der Waals surface area contributed by atoms with Crippen LogP contribution in [0.4, 0.5) is 18.9 Å². The van der Waals surface area contributed by atoms with Crippen molar-refractivity contribution < 1.29 is 18.0 Å². The van der Waals surface area contributed by atoms with E-state index in [1.54, 1.807) is 16.9 Å². The number of nitrogens with one attached hydrogen (secondary N) is 1. The number of carbonyl (C=O) groups is 1. The van der Waals surface area contributed by atoms with Crippen molar-refractivity contribution in [2.24, 2.45) is 5.92 Å². The number of halogens is 3. The van der Waals surface area contributed by atoms with E-state index in [2.05, 4.69) is 16.3 Å². The molecule has 1 N–H and O–H groups in total. The highest BCUT2D eigenvalue weighted by Crippen LogP contribution is 2.33. The van der Waals surface area contributed by atoms with Crippen LogP contribution in [-0.2, 0) is 17.5 Å². The minimum atomic E-state index is -4.72. The summed E-state index contributed by atoms with van der Waals surface area (Å²) in [6.07, 6.45) is 2.46. The molecule has 0 aliphatic carbocycles. The average molecular weight is 422 g/mol. The minimum absolute atomic E-state index is 0.0659. The van der Waals surface area contributed by atoms with Crippen molar-refractivity contribution in [2.75, 3.05) is 5.32 Å². The fourth-order valence-electron chi connectivity index (χ4n) is 3.03. The second-order valence-corrected chi connectivity index (χ2v) is 6.75. The number of hydrogen-bond donors (Lipinski definition) is 1. The number of rotatable bonds is 6. The third-order valence-corrected chi connectivity index (χ3v) is 4.57. The Morgan fingerprint density at radius 3 is 2.58 bits per heavy atom. The first kappa shape index (κ1) is 21.7. The highest BCUT2D eigenvalue weighted by molar-refractivity contribution is 5.92. The second-order valence-electron chi connectivity index (χ2n) is 6.75. The molecule has 31 heavy (non-hydrogen) atoms. The summed E-state index contributed by atoms with van der Waals surface area (Å²) in [4.78, 5) is 12.7. The van der Waals surface area contributed by atoms with Gasteiger partial charge in [-0.25, -0.2) is 0 Å². The topological polar surface area (TPSA) is 70.7 Å². The molecule has 3 aromatic rings. The number of terminal acetylenes is 1. The maximum atomic E-state index is 13.2. The lowest BCUT2D eigenvalue weighted by Crippen LogP contribution is -2.27. The van der Waals surface area contributed by atoms with Gasteiger partial charge in [-0.2, -0.15) is 23.5 Å². The Kier molecular flexibility index (Phi) is 6.42. The fraction of sp³-hybridized carbons (Fsp3) is 0.174. The average Bonchev–Trinajstić information content (AvgIpc) is 3.22. The molecule has 0 radical (unpaired) electrons. The maximum Gasteiger partial charge on any atom is 0.417 e. The summed E-state index contributed by atoms with van der Waals surface area (Å²) in [5.41, 5.74) is -0.0563. The lowest BCUT2D eigenvalue weighted by atomic mass is 10.0. The predicted molar refractivity (Wildman–Crippen MR) is 109 cm³/mol. The van der Waals surface area contributed by atoms with Crippen molar-refractivity contribution in [2.45, 2.75) is 19.1 Å². The van der Waals surface area contributed by atoms with Crippen LogP contribution in [0.5, 0.6) is 0 Å². The molecular weight excluding hydrogens is 405 g/mol. The Balaban J connectivity index is 1.77. The Morgan fingerprint density at radius 1 is 1.19 bits per heavy atom. The zero-order valence-corrected chi connectivity index (χ0v) is 16.2. The number of nitrogens with zero attached hydrogens (tertiary/aromatic N) is 3. The highest BCUT2D eigenvalue weighted by atomic mass is 19.4. The molecule has 0 saturated carbocycles. The summed E-state index contributed by atoms with van der Waals surface area (Å²) in [5.74, 6) is 1.18. The number of amides is 1. The number of anilines is 1. The first-order valence-corrected chi connectivity index (χ1v) is 9.26. The summed E-state index contributed by atoms with van der Waals surface area (Å²) in [5, 5.41) is 15.8. The molecule has 0 bridgehead atoms. The number of alkyl halides is 3. The van der Waals surface area contributed by atoms with Crippen LogP contribution >= 0.6 is 0 Å². The normalized spacial score (nSPS) is 11.9. The Labute approximate surface area is 177 Å². The van der Waals surface area contributed by atoms with Gasteiger partial charge in [0.25, 0.3) is 0 Å². The zero-order valence-electron chi connectivity index (χ0n) is 16.2. The molecule has 0 aliphatic rings. The maximum absolute atomic E-state index is 13.2. The van der Waals surface area contributed by atoms with Gasteiger partial charge >= 0.3 is 6.18 Å². The van der Waals surface area contributed by atoms with Crippen LogP contribution in [-0.4, -0.2) is 15.7 Å². The zero-order chi connectivity index (χ0) is 22.4. The van der Waals surface area contributed by atoms with Crippen LogP contribution in [0.15, 0.2) is 60.8 Å². The SMILES string of the molecule is C#CC[C@@H](Cn1ccc(-c2ccccc2)n1)C(=O)Nc1ccc(C#N)c(C(F)(F)F)c1. The molecule has 0 saturated heterocycles. The molecule has 1 aromatic heterocycles. The first-order valence-electron chi connectivity index (χ1n) is 9.26. The van der Waals surface area contributed by atoms with Gasteiger partial charge in [0.1, 0.15) is 0 Å². The minimum Gasteiger partial charge on any atom is -0.326 e. The van der Waals surface area contributed by atoms with E-state index < -0.39 is 29.1 Å². The van der Waals surface area contributed by atoms with Gasteiger partial charge in [-0.05, 0) is 24.3 Å². The molecule has 1 atom stereocenters. The van der Waals surface area contributed by atoms with E-state index in [0.717, 1.165) is 23.4 Å². The molecule has 3 rings (SSSR count). The number of nitriles is 1. The molecule has 1 heterocycles. The number of benzene rings is 2. The van der Waals surface area contributed by atoms with E-state index in [1.165, 1.54) is 12.1 Å². The molecule has 8 heteroatoms. The fourth-order valence-corrected chi connectivity index (χ4v) is 3.03. The Hall–Kier alpha value is -4.04. The van der Waals surface area contributed by atoms with Gasteiger partial charge in [0.2, 0.25) is 5.91 Å². The largest absolute Gasteiger partial charge is 0.417 e. The molecule has 0 fully saturated rings. The van der Waals surface area contributed by atoms with Gasteiger partial charge in [-0.15, -0.1) is 12.3 Å². The lowest BCUT2D eigenvalue weighted by Gasteiger charge is -2.16. The third kappa shape index (κ3) is 5.31. The van der Waals surface area contributed by atoms with Crippen molar-refractivity contribution in [3.05, 3.63) is 71.9 Å². The third-order valence-electron chi connectivity index (χ3n) is 4.57. The molecule has 156 valence electrons. The molecule has 0 unspecified atom stereocenters. The Morgan fingerprint density at radius 2 is 1.94 bits per heavy atom. The van der Waals surface area contributed by atoms with E-state index >= 15 is 0 Å². The van der Waals surface area contributed by atoms with Gasteiger partial charge in [0.15, 0.2) is 0 Å². The van der Waals surface area contributed by atoms with E-state index in [0.29, 0.717) is 0 Å². The standard InChI is InChI=1S/C23H17F3N4O/c1-2-6-18(15-30-12-11-21(29-30)16-7-4-3-5-8-16)22(31)28-19-10-9-17(14-27)20(13-19)23(24,25)26/h1,3-5,7-13,18H,6,15H2,(H,28,31)/t18-/m0/s1. The molecule has 2 aromatic carbocycles. The molecular formula is C23H17F3N4O. The van der Waals surface area contributed by atoms with E-state index in [4.69, 9.17) is 11.7 Å². The summed E-state index contributed by atoms with van der Waals surface area (Å²) in [6, 6.07) is 15.8. The van der Waals surface area contributed by atoms with Crippen molar-refractivity contribution in [1.82, 2.24) is 9.78 Å². The molecule has 0 spiro atoms. The molecule has 1 amide bonds. The Bertz CT molecular complexity index is 1150. The van der Waals surface area contributed by atoms with Gasteiger partial charge in [0.05, 0.1) is 35.4 Å². The van der Waals surface area contributed by atoms with Gasteiger partial charge in [-0.1, -0.05) is 30.3 Å². The van der Waals surface area contributed by atoms with Crippen LogP contribution in [0.3, 0.4) is 0 Å². The number of hydrogen-bond acceptors (Lipinski definition) is 3. The van der Waals surface area contributed by atoms with Gasteiger partial charge < -0.3 is 5.32 Å². The first-order chi connectivity index (χ1) is 14.8. The van der Waals surface area contributed by atoms with Crippen molar-refractivity contribution in [3.8, 4) is 29.7 Å². The summed E-state index contributed by atoms with van der Waals surface area (Å²) >= 11 is 0. The van der Waals surface area contributed by atoms with E-state index in [9.17, 15) is 18.0 Å². The number of carbonyl (C=O) groups excluding carboxylic acids is 1. The van der Waals surface area contributed by atoms with Crippen LogP contribution in [0.2, 0.25) is 0 Å². The highest BCUT2D eigenvalue weighted by Gasteiger charge is 2.34. The predicted octanol–water partition coefficient (Wildman–Crippen LogP) is 4.72. The van der Waals surface area contributed by atoms with Crippen LogP contribution < -0.4 is 5.32 Å². The molecule has 0 aliphatic heterocycles. The van der Waals surface area contributed by atoms with Crippen LogP contribution in [0.1, 0.15) is 17.5 Å². The van der Waals surface area contributed by atoms with E-state index in [-0.39, 0.29) is 18.7 Å². The quantitative estimate of drug-likeness (QED) is 0.585. The van der Waals surface area contributed by atoms with Crippen LogP contribution in [0, 0.1) is 29.6 Å². The summed E-state index contributed by atoms with van der Waals surface area (Å²) < 4.78 is 41.1. The summed E-state index contributed by atoms with van der Waals surface area (Å²) in [7, 11) is 0. The van der Waals surface area contributed by atoms with Crippen molar-refractivity contribution >= 4 is 11.6 Å². The monoisotopic (exact) mass is 422 g/mol. The second kappa shape index (κ2) is 9.19.